The average Bonchev–Trinajstić information content (AvgIpc) is 3.43. The number of H-pyrrole nitrogens is 2. The van der Waals surface area contributed by atoms with Crippen LogP contribution in [0.3, 0.4) is 0 Å². The molecule has 0 radical (unpaired) electrons. The molecule has 5 aromatic rings. The van der Waals surface area contributed by atoms with Crippen molar-refractivity contribution in [3.8, 4) is 22.5 Å². The standard InChI is InChI=1S/C26H22N6/c1-3-4-5-21(19-8-12-28-13-9-19)22-15-24(30-17(22)2)25-23-14-20(16-29-26(23)32-31-25)18-6-10-27-11-7-18/h3-16,30H,1-2H3,(H,29,31,32)/b4-3-,21-5-. The molecule has 0 saturated carbocycles. The Morgan fingerprint density at radius 3 is 2.44 bits per heavy atom. The van der Waals surface area contributed by atoms with Crippen molar-refractivity contribution in [1.29, 1.82) is 0 Å². The molecule has 0 bridgehead atoms. The number of aryl methyl sites for hydroxylation is 1. The van der Waals surface area contributed by atoms with Gasteiger partial charge in [-0.3, -0.25) is 15.1 Å². The van der Waals surface area contributed by atoms with Crippen molar-refractivity contribution in [3.05, 3.63) is 102 Å². The van der Waals surface area contributed by atoms with Gasteiger partial charge in [-0.25, -0.2) is 4.98 Å². The van der Waals surface area contributed by atoms with Crippen molar-refractivity contribution in [1.82, 2.24) is 30.1 Å². The van der Waals surface area contributed by atoms with E-state index in [-0.39, 0.29) is 0 Å². The molecule has 5 rings (SSSR count). The van der Waals surface area contributed by atoms with Crippen molar-refractivity contribution in [3.63, 3.8) is 0 Å². The lowest BCUT2D eigenvalue weighted by Gasteiger charge is -2.06. The maximum atomic E-state index is 4.55. The van der Waals surface area contributed by atoms with E-state index in [2.05, 4.69) is 61.3 Å². The first kappa shape index (κ1) is 19.6. The Morgan fingerprint density at radius 1 is 0.938 bits per heavy atom. The summed E-state index contributed by atoms with van der Waals surface area (Å²) in [5.41, 5.74) is 9.11. The zero-order valence-electron chi connectivity index (χ0n) is 17.9. The number of allylic oxidation sites excluding steroid dienone is 3. The Labute approximate surface area is 185 Å². The number of hydrogen-bond acceptors (Lipinski definition) is 4. The normalized spacial score (nSPS) is 12.1. The van der Waals surface area contributed by atoms with Gasteiger partial charge in [0.1, 0.15) is 0 Å². The predicted molar refractivity (Wildman–Crippen MR) is 128 cm³/mol. The summed E-state index contributed by atoms with van der Waals surface area (Å²) < 4.78 is 0. The molecule has 0 fully saturated rings. The van der Waals surface area contributed by atoms with Gasteiger partial charge in [-0.1, -0.05) is 18.2 Å². The third kappa shape index (κ3) is 3.63. The number of hydrogen-bond donors (Lipinski definition) is 2. The quantitative estimate of drug-likeness (QED) is 0.357. The second kappa shape index (κ2) is 8.43. The molecule has 0 aromatic carbocycles. The smallest absolute Gasteiger partial charge is 0.181 e. The van der Waals surface area contributed by atoms with Crippen molar-refractivity contribution < 1.29 is 0 Å². The van der Waals surface area contributed by atoms with Gasteiger partial charge >= 0.3 is 0 Å². The van der Waals surface area contributed by atoms with E-state index in [9.17, 15) is 0 Å². The van der Waals surface area contributed by atoms with E-state index in [1.54, 1.807) is 12.4 Å². The molecule has 32 heavy (non-hydrogen) atoms. The van der Waals surface area contributed by atoms with Gasteiger partial charge in [-0.2, -0.15) is 5.10 Å². The van der Waals surface area contributed by atoms with Crippen LogP contribution in [0.25, 0.3) is 39.1 Å². The van der Waals surface area contributed by atoms with Gasteiger partial charge in [0, 0.05) is 53.2 Å². The van der Waals surface area contributed by atoms with Crippen LogP contribution in [0.2, 0.25) is 0 Å². The fraction of sp³-hybridized carbons (Fsp3) is 0.0769. The first-order valence-corrected chi connectivity index (χ1v) is 10.4. The summed E-state index contributed by atoms with van der Waals surface area (Å²) in [6, 6.07) is 12.3. The molecule has 5 heterocycles. The van der Waals surface area contributed by atoms with Crippen molar-refractivity contribution in [2.24, 2.45) is 0 Å². The monoisotopic (exact) mass is 418 g/mol. The lowest BCUT2D eigenvalue weighted by Crippen LogP contribution is -1.89. The van der Waals surface area contributed by atoms with Gasteiger partial charge in [0.25, 0.3) is 0 Å². The molecule has 0 amide bonds. The lowest BCUT2D eigenvalue weighted by atomic mass is 9.98. The second-order valence-corrected chi connectivity index (χ2v) is 7.49. The molecule has 0 aliphatic carbocycles. The minimum atomic E-state index is 0.686. The van der Waals surface area contributed by atoms with Gasteiger partial charge in [0.2, 0.25) is 0 Å². The van der Waals surface area contributed by atoms with Crippen LogP contribution < -0.4 is 0 Å². The summed E-state index contributed by atoms with van der Waals surface area (Å²) in [4.78, 5) is 16.4. The van der Waals surface area contributed by atoms with Crippen LogP contribution in [0, 0.1) is 6.92 Å². The Kier molecular flexibility index (Phi) is 5.17. The van der Waals surface area contributed by atoms with Crippen molar-refractivity contribution in [2.45, 2.75) is 13.8 Å². The van der Waals surface area contributed by atoms with Crippen LogP contribution in [0.1, 0.15) is 23.7 Å². The lowest BCUT2D eigenvalue weighted by molar-refractivity contribution is 1.09. The first-order valence-electron chi connectivity index (χ1n) is 10.4. The maximum absolute atomic E-state index is 4.55. The van der Waals surface area contributed by atoms with Gasteiger partial charge in [0.05, 0.1) is 11.4 Å². The minimum Gasteiger partial charge on any atom is -0.357 e. The van der Waals surface area contributed by atoms with Gasteiger partial charge in [-0.15, -0.1) is 0 Å². The van der Waals surface area contributed by atoms with E-state index in [0.29, 0.717) is 5.65 Å². The number of fused-ring (bicyclic) bond motifs is 1. The zero-order chi connectivity index (χ0) is 21.9. The highest BCUT2D eigenvalue weighted by molar-refractivity contribution is 5.94. The van der Waals surface area contributed by atoms with Crippen LogP contribution in [-0.2, 0) is 0 Å². The van der Waals surface area contributed by atoms with Crippen LogP contribution in [-0.4, -0.2) is 30.1 Å². The Morgan fingerprint density at radius 2 is 1.69 bits per heavy atom. The second-order valence-electron chi connectivity index (χ2n) is 7.49. The Bertz CT molecular complexity index is 1430. The van der Waals surface area contributed by atoms with Crippen LogP contribution >= 0.6 is 0 Å². The van der Waals surface area contributed by atoms with Gasteiger partial charge in [-0.05, 0) is 66.9 Å². The van der Waals surface area contributed by atoms with Crippen molar-refractivity contribution in [2.75, 3.05) is 0 Å². The van der Waals surface area contributed by atoms with Crippen LogP contribution in [0.5, 0.6) is 0 Å². The summed E-state index contributed by atoms with van der Waals surface area (Å²) >= 11 is 0. The van der Waals surface area contributed by atoms with E-state index in [4.69, 9.17) is 0 Å². The summed E-state index contributed by atoms with van der Waals surface area (Å²) in [7, 11) is 0. The van der Waals surface area contributed by atoms with Crippen LogP contribution in [0.4, 0.5) is 0 Å². The molecule has 0 atom stereocenters. The number of aromatic amines is 2. The molecular weight excluding hydrogens is 396 g/mol. The van der Waals surface area contributed by atoms with E-state index in [1.165, 1.54) is 0 Å². The first-order chi connectivity index (χ1) is 15.7. The number of nitrogens with one attached hydrogen (secondary N) is 2. The predicted octanol–water partition coefficient (Wildman–Crippen LogP) is 5.73. The zero-order valence-corrected chi connectivity index (χ0v) is 17.9. The number of nitrogens with zero attached hydrogens (tertiary/aromatic N) is 4. The topological polar surface area (TPSA) is 83.1 Å². The van der Waals surface area contributed by atoms with E-state index in [1.807, 2.05) is 55.9 Å². The SMILES string of the molecule is C/C=C\C=C(\c1ccncc1)c1cc(-c2[nH]nc3ncc(-c4ccncc4)cc23)[nH]c1C. The van der Waals surface area contributed by atoms with Crippen LogP contribution in [0.15, 0.2) is 85.6 Å². The molecule has 0 spiro atoms. The van der Waals surface area contributed by atoms with Crippen molar-refractivity contribution >= 4 is 16.6 Å². The number of aromatic nitrogens is 6. The summed E-state index contributed by atoms with van der Waals surface area (Å²) in [6.07, 6.45) is 15.3. The molecule has 156 valence electrons. The van der Waals surface area contributed by atoms with Gasteiger partial charge < -0.3 is 4.98 Å². The maximum Gasteiger partial charge on any atom is 0.181 e. The van der Waals surface area contributed by atoms with E-state index < -0.39 is 0 Å². The molecule has 0 aliphatic heterocycles. The summed E-state index contributed by atoms with van der Waals surface area (Å²) in [6.45, 7) is 4.10. The molecule has 5 aromatic heterocycles. The Balaban J connectivity index is 1.62. The average molecular weight is 419 g/mol. The molecule has 0 saturated heterocycles. The molecule has 0 aliphatic rings. The van der Waals surface area contributed by atoms with E-state index in [0.717, 1.165) is 50.3 Å². The minimum absolute atomic E-state index is 0.686. The highest BCUT2D eigenvalue weighted by atomic mass is 15.2. The Hall–Kier alpha value is -4.32. The highest BCUT2D eigenvalue weighted by Gasteiger charge is 2.16. The third-order valence-electron chi connectivity index (χ3n) is 5.44. The fourth-order valence-electron chi connectivity index (χ4n) is 3.85. The molecule has 0 unspecified atom stereocenters. The van der Waals surface area contributed by atoms with Gasteiger partial charge in [0.15, 0.2) is 5.65 Å². The molecule has 2 N–H and O–H groups in total. The molecular formula is C26H22N6. The fourth-order valence-corrected chi connectivity index (χ4v) is 3.85. The van der Waals surface area contributed by atoms with E-state index >= 15 is 0 Å². The molecule has 6 heteroatoms. The molecule has 6 nitrogen and oxygen atoms in total. The summed E-state index contributed by atoms with van der Waals surface area (Å²) in [5, 5.41) is 8.56. The number of rotatable bonds is 5. The third-order valence-corrected chi connectivity index (χ3v) is 5.44. The largest absolute Gasteiger partial charge is 0.357 e. The summed E-state index contributed by atoms with van der Waals surface area (Å²) in [5.74, 6) is 0. The highest BCUT2D eigenvalue weighted by Crippen LogP contribution is 2.33. The number of pyridine rings is 3.